The van der Waals surface area contributed by atoms with Crippen molar-refractivity contribution >= 4 is 5.78 Å². The highest BCUT2D eigenvalue weighted by Crippen LogP contribution is 2.75. The summed E-state index contributed by atoms with van der Waals surface area (Å²) in [6.07, 6.45) is 10.3. The van der Waals surface area contributed by atoms with Crippen LogP contribution in [0, 0.1) is 56.7 Å². The molecular formula is C30H48O3. The standard InChI is InChI=1S/C30H48O3/c1-18-8-11-26(3)14-15-29(6)20(24(26)19(18)2)16-21(32)25-27(4)12-10-23(33)28(5,17-31)22(27)9-13-30(25,29)7/h16,18-19,22-25,31,33H,8-15,17H2,1-7H3/t18-,19+,22-,23-,24+,25?,26-,27+,28-,29-,30-/m1/s1. The van der Waals surface area contributed by atoms with Gasteiger partial charge in [-0.1, -0.05) is 54.0 Å². The largest absolute Gasteiger partial charge is 0.396 e. The van der Waals surface area contributed by atoms with Crippen LogP contribution in [0.2, 0.25) is 0 Å². The molecule has 5 aliphatic carbocycles. The van der Waals surface area contributed by atoms with Crippen LogP contribution in [-0.4, -0.2) is 28.7 Å². The average Bonchev–Trinajstić information content (AvgIpc) is 2.75. The Hall–Kier alpha value is -0.670. The predicted molar refractivity (Wildman–Crippen MR) is 132 cm³/mol. The van der Waals surface area contributed by atoms with E-state index in [-0.39, 0.29) is 34.7 Å². The van der Waals surface area contributed by atoms with Crippen molar-refractivity contribution in [2.75, 3.05) is 6.61 Å². The average molecular weight is 457 g/mol. The highest BCUT2D eigenvalue weighted by atomic mass is 16.3. The molecule has 5 aliphatic rings. The van der Waals surface area contributed by atoms with E-state index >= 15 is 0 Å². The van der Waals surface area contributed by atoms with E-state index < -0.39 is 11.5 Å². The molecule has 11 atom stereocenters. The first-order valence-corrected chi connectivity index (χ1v) is 13.8. The van der Waals surface area contributed by atoms with Crippen molar-refractivity contribution < 1.29 is 15.0 Å². The zero-order valence-corrected chi connectivity index (χ0v) is 22.2. The number of rotatable bonds is 1. The Morgan fingerprint density at radius 1 is 0.939 bits per heavy atom. The maximum atomic E-state index is 14.2. The van der Waals surface area contributed by atoms with Crippen molar-refractivity contribution in [1.82, 2.24) is 0 Å². The molecule has 0 radical (unpaired) electrons. The number of aliphatic hydroxyl groups excluding tert-OH is 2. The Morgan fingerprint density at radius 2 is 1.64 bits per heavy atom. The van der Waals surface area contributed by atoms with Crippen molar-refractivity contribution in [3.8, 4) is 0 Å². The van der Waals surface area contributed by atoms with Crippen LogP contribution in [0.25, 0.3) is 0 Å². The van der Waals surface area contributed by atoms with Gasteiger partial charge in [-0.25, -0.2) is 0 Å². The maximum absolute atomic E-state index is 14.2. The second-order valence-electron chi connectivity index (χ2n) is 14.5. The molecule has 3 nitrogen and oxygen atoms in total. The molecule has 0 amide bonds. The fourth-order valence-electron chi connectivity index (χ4n) is 10.7. The number of hydrogen-bond acceptors (Lipinski definition) is 3. The van der Waals surface area contributed by atoms with Gasteiger partial charge in [0.1, 0.15) is 0 Å². The number of carbonyl (C=O) groups is 1. The normalized spacial score (nSPS) is 58.5. The summed E-state index contributed by atoms with van der Waals surface area (Å²) in [6.45, 7) is 16.7. The first-order chi connectivity index (χ1) is 15.3. The van der Waals surface area contributed by atoms with Crippen molar-refractivity contribution in [2.24, 2.45) is 56.7 Å². The quantitative estimate of drug-likeness (QED) is 0.495. The molecule has 4 saturated carbocycles. The molecule has 0 saturated heterocycles. The van der Waals surface area contributed by atoms with Gasteiger partial charge in [-0.2, -0.15) is 0 Å². The summed E-state index contributed by atoms with van der Waals surface area (Å²) in [5.74, 6) is 2.37. The third kappa shape index (κ3) is 2.79. The molecule has 0 aromatic carbocycles. The molecule has 0 spiro atoms. The number of ketones is 1. The van der Waals surface area contributed by atoms with Crippen LogP contribution in [0.5, 0.6) is 0 Å². The Kier molecular flexibility index (Phi) is 5.24. The topological polar surface area (TPSA) is 57.5 Å². The third-order valence-corrected chi connectivity index (χ3v) is 13.3. The molecular weight excluding hydrogens is 408 g/mol. The molecule has 0 heterocycles. The molecule has 5 rings (SSSR count). The molecule has 33 heavy (non-hydrogen) atoms. The smallest absolute Gasteiger partial charge is 0.159 e. The Balaban J connectivity index is 1.64. The van der Waals surface area contributed by atoms with Crippen molar-refractivity contribution in [3.63, 3.8) is 0 Å². The van der Waals surface area contributed by atoms with E-state index in [9.17, 15) is 15.0 Å². The second kappa shape index (κ2) is 7.19. The van der Waals surface area contributed by atoms with E-state index in [1.807, 2.05) is 0 Å². The summed E-state index contributed by atoms with van der Waals surface area (Å²) in [5.41, 5.74) is 1.13. The summed E-state index contributed by atoms with van der Waals surface area (Å²) in [5, 5.41) is 21.3. The van der Waals surface area contributed by atoms with Gasteiger partial charge in [-0.3, -0.25) is 4.79 Å². The Labute approximate surface area is 201 Å². The van der Waals surface area contributed by atoms with Crippen LogP contribution in [0.15, 0.2) is 11.6 Å². The molecule has 4 fully saturated rings. The van der Waals surface area contributed by atoms with Gasteiger partial charge < -0.3 is 10.2 Å². The van der Waals surface area contributed by atoms with E-state index in [1.165, 1.54) is 31.3 Å². The molecule has 0 aliphatic heterocycles. The SMILES string of the molecule is C[C@H]1[C@H](C)CC[C@]2(C)CC[C@]3(C)C(=CC(=O)C4[C@@]5(C)CC[C@@H](O)[C@](C)(CO)[C@@H]5CC[C@]43C)[C@H]12. The van der Waals surface area contributed by atoms with Crippen molar-refractivity contribution in [2.45, 2.75) is 106 Å². The fourth-order valence-corrected chi connectivity index (χ4v) is 10.7. The summed E-state index contributed by atoms with van der Waals surface area (Å²) in [6, 6.07) is 0. The zero-order valence-electron chi connectivity index (χ0n) is 22.2. The number of hydrogen-bond donors (Lipinski definition) is 2. The lowest BCUT2D eigenvalue weighted by molar-refractivity contribution is -0.213. The fraction of sp³-hybridized carbons (Fsp3) is 0.900. The number of carbonyl (C=O) groups excluding carboxylic acids is 1. The molecule has 3 heteroatoms. The minimum absolute atomic E-state index is 0.000235. The van der Waals surface area contributed by atoms with Gasteiger partial charge in [0.05, 0.1) is 12.7 Å². The number of aliphatic hydroxyl groups is 2. The van der Waals surface area contributed by atoms with E-state index in [2.05, 4.69) is 54.5 Å². The Bertz CT molecular complexity index is 878. The van der Waals surface area contributed by atoms with Crippen LogP contribution in [-0.2, 0) is 4.79 Å². The van der Waals surface area contributed by atoms with Gasteiger partial charge in [0.25, 0.3) is 0 Å². The summed E-state index contributed by atoms with van der Waals surface area (Å²) < 4.78 is 0. The van der Waals surface area contributed by atoms with Crippen LogP contribution in [0.1, 0.15) is 99.8 Å². The zero-order chi connectivity index (χ0) is 24.2. The third-order valence-electron chi connectivity index (χ3n) is 13.3. The van der Waals surface area contributed by atoms with Gasteiger partial charge in [-0.15, -0.1) is 0 Å². The van der Waals surface area contributed by atoms with Crippen LogP contribution >= 0.6 is 0 Å². The molecule has 1 unspecified atom stereocenters. The van der Waals surface area contributed by atoms with E-state index in [0.717, 1.165) is 19.3 Å². The van der Waals surface area contributed by atoms with Crippen LogP contribution in [0.4, 0.5) is 0 Å². The van der Waals surface area contributed by atoms with E-state index in [0.29, 0.717) is 35.4 Å². The lowest BCUT2D eigenvalue weighted by Gasteiger charge is -2.70. The summed E-state index contributed by atoms with van der Waals surface area (Å²) in [7, 11) is 0. The number of allylic oxidation sites excluding steroid dienone is 2. The van der Waals surface area contributed by atoms with Crippen molar-refractivity contribution in [1.29, 1.82) is 0 Å². The maximum Gasteiger partial charge on any atom is 0.159 e. The predicted octanol–water partition coefficient (Wildman–Crippen LogP) is 6.18. The van der Waals surface area contributed by atoms with Crippen LogP contribution in [0.3, 0.4) is 0 Å². The number of fused-ring (bicyclic) bond motifs is 7. The lowest BCUT2D eigenvalue weighted by Crippen LogP contribution is -2.67. The summed E-state index contributed by atoms with van der Waals surface area (Å²) in [4.78, 5) is 14.2. The van der Waals surface area contributed by atoms with Crippen LogP contribution < -0.4 is 0 Å². The molecule has 186 valence electrons. The minimum Gasteiger partial charge on any atom is -0.396 e. The van der Waals surface area contributed by atoms with E-state index in [4.69, 9.17) is 0 Å². The lowest BCUT2D eigenvalue weighted by atomic mass is 9.33. The van der Waals surface area contributed by atoms with Gasteiger partial charge in [0.2, 0.25) is 0 Å². The molecule has 2 N–H and O–H groups in total. The van der Waals surface area contributed by atoms with E-state index in [1.54, 1.807) is 0 Å². The van der Waals surface area contributed by atoms with Gasteiger partial charge >= 0.3 is 0 Å². The minimum atomic E-state index is -0.516. The first-order valence-electron chi connectivity index (χ1n) is 13.8. The molecule has 0 bridgehead atoms. The van der Waals surface area contributed by atoms with Gasteiger partial charge in [0.15, 0.2) is 5.78 Å². The first kappa shape index (κ1) is 24.0. The van der Waals surface area contributed by atoms with Crippen molar-refractivity contribution in [3.05, 3.63) is 11.6 Å². The highest BCUT2D eigenvalue weighted by Gasteiger charge is 2.70. The Morgan fingerprint density at radius 3 is 2.30 bits per heavy atom. The molecule has 0 aromatic heterocycles. The monoisotopic (exact) mass is 456 g/mol. The summed E-state index contributed by atoms with van der Waals surface area (Å²) >= 11 is 0. The molecule has 0 aromatic rings. The highest BCUT2D eigenvalue weighted by molar-refractivity contribution is 5.95. The van der Waals surface area contributed by atoms with Gasteiger partial charge in [-0.05, 0) is 103 Å². The van der Waals surface area contributed by atoms with Gasteiger partial charge in [0, 0.05) is 11.3 Å². The second-order valence-corrected chi connectivity index (χ2v) is 14.5.